The molecule has 0 spiro atoms. The summed E-state index contributed by atoms with van der Waals surface area (Å²) in [6.07, 6.45) is 4.17. The van der Waals surface area contributed by atoms with E-state index in [0.29, 0.717) is 16.9 Å². The van der Waals surface area contributed by atoms with Crippen molar-refractivity contribution in [3.05, 3.63) is 30.1 Å². The van der Waals surface area contributed by atoms with Gasteiger partial charge in [0.2, 0.25) is 0 Å². The zero-order valence-electron chi connectivity index (χ0n) is 12.3. The maximum absolute atomic E-state index is 13.6. The molecular weight excluding hydrogens is 272 g/mol. The Morgan fingerprint density at radius 1 is 1.29 bits per heavy atom. The molecule has 2 heterocycles. The summed E-state index contributed by atoms with van der Waals surface area (Å²) in [7, 11) is 0. The third-order valence-corrected chi connectivity index (χ3v) is 4.24. The fourth-order valence-electron chi connectivity index (χ4n) is 3.34. The third-order valence-electron chi connectivity index (χ3n) is 4.24. The van der Waals surface area contributed by atoms with Gasteiger partial charge >= 0.3 is 6.55 Å². The first-order valence-corrected chi connectivity index (χ1v) is 7.71. The first kappa shape index (κ1) is 14.4. The summed E-state index contributed by atoms with van der Waals surface area (Å²) in [5.41, 5.74) is 1.19. The molecule has 114 valence electrons. The zero-order chi connectivity index (χ0) is 14.8. The maximum Gasteiger partial charge on any atom is 0.320 e. The SMILES string of the molecule is CCCN1CCCC[C@H]1c1nc2ccccc2n1C(F)F. The van der Waals surface area contributed by atoms with Crippen LogP contribution in [0.2, 0.25) is 0 Å². The lowest BCUT2D eigenvalue weighted by Crippen LogP contribution is -2.35. The Hall–Kier alpha value is -1.49. The van der Waals surface area contributed by atoms with E-state index in [2.05, 4.69) is 16.8 Å². The molecule has 5 heteroatoms. The zero-order valence-corrected chi connectivity index (χ0v) is 12.3. The highest BCUT2D eigenvalue weighted by Gasteiger charge is 2.30. The second kappa shape index (κ2) is 6.10. The average molecular weight is 293 g/mol. The van der Waals surface area contributed by atoms with Gasteiger partial charge < -0.3 is 0 Å². The Bertz CT molecular complexity index is 607. The van der Waals surface area contributed by atoms with E-state index in [1.54, 1.807) is 12.1 Å². The van der Waals surface area contributed by atoms with Crippen LogP contribution in [-0.2, 0) is 0 Å². The quantitative estimate of drug-likeness (QED) is 0.834. The lowest BCUT2D eigenvalue weighted by Gasteiger charge is -2.35. The van der Waals surface area contributed by atoms with Crippen LogP contribution in [0.15, 0.2) is 24.3 Å². The van der Waals surface area contributed by atoms with E-state index >= 15 is 0 Å². The molecule has 2 aromatic rings. The standard InChI is InChI=1S/C16H21F2N3/c1-2-10-20-11-6-5-9-14(20)15-19-12-7-3-4-8-13(12)21(15)16(17)18/h3-4,7-8,14,16H,2,5-6,9-11H2,1H3/t14-/m0/s1. The first-order chi connectivity index (χ1) is 10.2. The van der Waals surface area contributed by atoms with Gasteiger partial charge in [-0.1, -0.05) is 25.5 Å². The maximum atomic E-state index is 13.6. The van der Waals surface area contributed by atoms with Crippen LogP contribution in [0.1, 0.15) is 51.0 Å². The van der Waals surface area contributed by atoms with Crippen molar-refractivity contribution in [2.75, 3.05) is 13.1 Å². The summed E-state index contributed by atoms with van der Waals surface area (Å²) >= 11 is 0. The highest BCUT2D eigenvalue weighted by molar-refractivity contribution is 5.76. The van der Waals surface area contributed by atoms with E-state index in [1.165, 1.54) is 0 Å². The van der Waals surface area contributed by atoms with E-state index in [-0.39, 0.29) is 6.04 Å². The number of aromatic nitrogens is 2. The molecule has 1 saturated heterocycles. The molecule has 0 saturated carbocycles. The molecule has 1 aliphatic heterocycles. The Kier molecular flexibility index (Phi) is 4.19. The fourth-order valence-corrected chi connectivity index (χ4v) is 3.34. The molecule has 0 amide bonds. The van der Waals surface area contributed by atoms with Gasteiger partial charge in [-0.2, -0.15) is 8.78 Å². The van der Waals surface area contributed by atoms with E-state index < -0.39 is 6.55 Å². The fraction of sp³-hybridized carbons (Fsp3) is 0.562. The summed E-state index contributed by atoms with van der Waals surface area (Å²) in [5, 5.41) is 0. The summed E-state index contributed by atoms with van der Waals surface area (Å²) in [6, 6.07) is 7.19. The number of piperidine rings is 1. The van der Waals surface area contributed by atoms with Crippen molar-refractivity contribution in [1.29, 1.82) is 0 Å². The molecule has 1 atom stereocenters. The molecule has 1 aliphatic rings. The predicted molar refractivity (Wildman–Crippen MR) is 79.4 cm³/mol. The minimum absolute atomic E-state index is 0.0140. The van der Waals surface area contributed by atoms with Crippen LogP contribution in [0, 0.1) is 0 Å². The molecule has 0 N–H and O–H groups in total. The number of hydrogen-bond donors (Lipinski definition) is 0. The van der Waals surface area contributed by atoms with Crippen LogP contribution in [0.25, 0.3) is 11.0 Å². The third kappa shape index (κ3) is 2.67. The first-order valence-electron chi connectivity index (χ1n) is 7.71. The van der Waals surface area contributed by atoms with Gasteiger partial charge in [-0.25, -0.2) is 4.98 Å². The molecule has 3 rings (SSSR count). The average Bonchev–Trinajstić information content (AvgIpc) is 2.87. The summed E-state index contributed by atoms with van der Waals surface area (Å²) < 4.78 is 28.2. The summed E-state index contributed by atoms with van der Waals surface area (Å²) in [4.78, 5) is 6.84. The van der Waals surface area contributed by atoms with Gasteiger partial charge in [-0.05, 0) is 44.5 Å². The van der Waals surface area contributed by atoms with Crippen LogP contribution in [-0.4, -0.2) is 27.5 Å². The monoisotopic (exact) mass is 293 g/mol. The van der Waals surface area contributed by atoms with E-state index in [9.17, 15) is 8.78 Å². The molecule has 0 aliphatic carbocycles. The van der Waals surface area contributed by atoms with Crippen molar-refractivity contribution in [3.63, 3.8) is 0 Å². The normalized spacial score (nSPS) is 20.5. The molecular formula is C16H21F2N3. The number of imidazole rings is 1. The number of hydrogen-bond acceptors (Lipinski definition) is 2. The predicted octanol–water partition coefficient (Wildman–Crippen LogP) is 4.37. The molecule has 1 aromatic heterocycles. The number of fused-ring (bicyclic) bond motifs is 1. The molecule has 21 heavy (non-hydrogen) atoms. The minimum Gasteiger partial charge on any atom is -0.293 e. The van der Waals surface area contributed by atoms with Gasteiger partial charge in [-0.3, -0.25) is 9.47 Å². The molecule has 0 bridgehead atoms. The Morgan fingerprint density at radius 2 is 2.10 bits per heavy atom. The molecule has 0 radical (unpaired) electrons. The van der Waals surface area contributed by atoms with Crippen LogP contribution in [0.4, 0.5) is 8.78 Å². The van der Waals surface area contributed by atoms with Crippen molar-refractivity contribution < 1.29 is 8.78 Å². The second-order valence-electron chi connectivity index (χ2n) is 5.65. The van der Waals surface area contributed by atoms with Crippen LogP contribution in [0.3, 0.4) is 0 Å². The van der Waals surface area contributed by atoms with Crippen LogP contribution in [0.5, 0.6) is 0 Å². The minimum atomic E-state index is -2.54. The van der Waals surface area contributed by atoms with Crippen molar-refractivity contribution in [2.24, 2.45) is 0 Å². The highest BCUT2D eigenvalue weighted by Crippen LogP contribution is 2.34. The van der Waals surface area contributed by atoms with Gasteiger partial charge in [0.05, 0.1) is 17.1 Å². The molecule has 0 unspecified atom stereocenters. The molecule has 1 fully saturated rings. The van der Waals surface area contributed by atoms with Gasteiger partial charge in [0, 0.05) is 0 Å². The van der Waals surface area contributed by atoms with E-state index in [4.69, 9.17) is 0 Å². The molecule has 3 nitrogen and oxygen atoms in total. The van der Waals surface area contributed by atoms with Gasteiger partial charge in [0.1, 0.15) is 5.82 Å². The Balaban J connectivity index is 2.07. The number of rotatable bonds is 4. The van der Waals surface area contributed by atoms with Gasteiger partial charge in [0.15, 0.2) is 0 Å². The Morgan fingerprint density at radius 3 is 2.86 bits per heavy atom. The number of halogens is 2. The van der Waals surface area contributed by atoms with Crippen molar-refractivity contribution >= 4 is 11.0 Å². The largest absolute Gasteiger partial charge is 0.320 e. The lowest BCUT2D eigenvalue weighted by molar-refractivity contribution is 0.0587. The summed E-state index contributed by atoms with van der Waals surface area (Å²) in [6.45, 7) is 1.50. The number of para-hydroxylation sites is 2. The van der Waals surface area contributed by atoms with Crippen LogP contribution >= 0.6 is 0 Å². The van der Waals surface area contributed by atoms with Crippen molar-refractivity contribution in [1.82, 2.24) is 14.5 Å². The van der Waals surface area contributed by atoms with Crippen molar-refractivity contribution in [3.8, 4) is 0 Å². The second-order valence-corrected chi connectivity index (χ2v) is 5.65. The number of benzene rings is 1. The number of likely N-dealkylation sites (tertiary alicyclic amines) is 1. The van der Waals surface area contributed by atoms with E-state index in [0.717, 1.165) is 43.3 Å². The lowest BCUT2D eigenvalue weighted by atomic mass is 10.0. The number of nitrogens with zero attached hydrogens (tertiary/aromatic N) is 3. The van der Waals surface area contributed by atoms with Gasteiger partial charge in [0.25, 0.3) is 0 Å². The van der Waals surface area contributed by atoms with Gasteiger partial charge in [-0.15, -0.1) is 0 Å². The van der Waals surface area contributed by atoms with Crippen LogP contribution < -0.4 is 0 Å². The van der Waals surface area contributed by atoms with Crippen molar-refractivity contribution in [2.45, 2.75) is 45.2 Å². The number of alkyl halides is 2. The molecule has 1 aromatic carbocycles. The highest BCUT2D eigenvalue weighted by atomic mass is 19.3. The summed E-state index contributed by atoms with van der Waals surface area (Å²) in [5.74, 6) is 0.527. The topological polar surface area (TPSA) is 21.1 Å². The Labute approximate surface area is 123 Å². The smallest absolute Gasteiger partial charge is 0.293 e. The van der Waals surface area contributed by atoms with E-state index in [1.807, 2.05) is 12.1 Å².